The molecule has 0 saturated carbocycles. The van der Waals surface area contributed by atoms with Gasteiger partial charge in [-0.3, -0.25) is 14.5 Å². The molecule has 2 fully saturated rings. The van der Waals surface area contributed by atoms with Crippen molar-refractivity contribution in [1.82, 2.24) is 10.2 Å². The second-order valence-electron chi connectivity index (χ2n) is 8.83. The summed E-state index contributed by atoms with van der Waals surface area (Å²) in [6.07, 6.45) is 2.42. The SMILES string of the molecule is COC1(C)CC(C)CN(C)C2(CCNC2)COC(=O)C(C)C(=O)C(C)C1. The number of likely N-dealkylation sites (N-methyl/N-ethyl adjacent to an activating group) is 1. The van der Waals surface area contributed by atoms with Gasteiger partial charge in [0.2, 0.25) is 0 Å². The van der Waals surface area contributed by atoms with Crippen molar-refractivity contribution < 1.29 is 19.1 Å². The standard InChI is InChI=1S/C20H36N2O4/c1-14-9-19(4,25-6)10-15(2)17(23)16(3)18(24)26-13-20(22(5)11-14)7-8-21-12-20/h14-16,21H,7-13H2,1-6H3. The number of esters is 1. The molecule has 6 nitrogen and oxygen atoms in total. The maximum absolute atomic E-state index is 12.7. The molecule has 2 aliphatic heterocycles. The molecular formula is C20H36N2O4. The minimum Gasteiger partial charge on any atom is -0.463 e. The number of ketones is 1. The van der Waals surface area contributed by atoms with Gasteiger partial charge in [-0.15, -0.1) is 0 Å². The maximum atomic E-state index is 12.7. The van der Waals surface area contributed by atoms with Crippen LogP contribution < -0.4 is 5.32 Å². The van der Waals surface area contributed by atoms with E-state index >= 15 is 0 Å². The van der Waals surface area contributed by atoms with Crippen LogP contribution in [0.4, 0.5) is 0 Å². The number of hydrogen-bond donors (Lipinski definition) is 1. The van der Waals surface area contributed by atoms with Crippen LogP contribution in [0.2, 0.25) is 0 Å². The molecular weight excluding hydrogens is 332 g/mol. The largest absolute Gasteiger partial charge is 0.463 e. The molecule has 6 heteroatoms. The summed E-state index contributed by atoms with van der Waals surface area (Å²) in [4.78, 5) is 27.6. The van der Waals surface area contributed by atoms with Gasteiger partial charge in [0, 0.05) is 26.1 Å². The molecule has 0 radical (unpaired) electrons. The summed E-state index contributed by atoms with van der Waals surface area (Å²) in [7, 11) is 3.82. The van der Waals surface area contributed by atoms with E-state index in [9.17, 15) is 9.59 Å². The molecule has 2 rings (SSSR count). The lowest BCUT2D eigenvalue weighted by atomic mass is 9.81. The third-order valence-electron chi connectivity index (χ3n) is 6.38. The van der Waals surface area contributed by atoms with Crippen molar-refractivity contribution in [3.05, 3.63) is 0 Å². The Labute approximate surface area is 158 Å². The molecule has 0 bridgehead atoms. The van der Waals surface area contributed by atoms with Gasteiger partial charge in [0.15, 0.2) is 0 Å². The lowest BCUT2D eigenvalue weighted by Gasteiger charge is -2.40. The van der Waals surface area contributed by atoms with Crippen molar-refractivity contribution in [1.29, 1.82) is 0 Å². The Morgan fingerprint density at radius 1 is 1.23 bits per heavy atom. The Morgan fingerprint density at radius 2 is 1.92 bits per heavy atom. The quantitative estimate of drug-likeness (QED) is 0.563. The molecule has 5 atom stereocenters. The number of Topliss-reactive ketones (excluding diaryl/α,β-unsaturated/α-hetero) is 1. The monoisotopic (exact) mass is 368 g/mol. The molecule has 150 valence electrons. The molecule has 2 heterocycles. The summed E-state index contributed by atoms with van der Waals surface area (Å²) < 4.78 is 11.5. The van der Waals surface area contributed by atoms with E-state index in [-0.39, 0.29) is 22.8 Å². The fourth-order valence-corrected chi connectivity index (χ4v) is 4.62. The minimum atomic E-state index is -0.735. The molecule has 0 aromatic rings. The Balaban J connectivity index is 2.30. The van der Waals surface area contributed by atoms with E-state index in [1.54, 1.807) is 14.0 Å². The average molecular weight is 369 g/mol. The highest BCUT2D eigenvalue weighted by molar-refractivity contribution is 5.99. The van der Waals surface area contributed by atoms with E-state index in [0.717, 1.165) is 32.5 Å². The number of carbonyl (C=O) groups is 2. The Kier molecular flexibility index (Phi) is 6.86. The van der Waals surface area contributed by atoms with E-state index in [1.165, 1.54) is 0 Å². The molecule has 0 aliphatic carbocycles. The van der Waals surface area contributed by atoms with Gasteiger partial charge in [0.05, 0.1) is 11.1 Å². The van der Waals surface area contributed by atoms with Gasteiger partial charge in [-0.25, -0.2) is 0 Å². The van der Waals surface area contributed by atoms with Crippen LogP contribution >= 0.6 is 0 Å². The predicted octanol–water partition coefficient (Wildman–Crippen LogP) is 1.87. The lowest BCUT2D eigenvalue weighted by molar-refractivity contribution is -0.155. The smallest absolute Gasteiger partial charge is 0.316 e. The molecule has 1 spiro atoms. The zero-order valence-electron chi connectivity index (χ0n) is 17.3. The number of methoxy groups -OCH3 is 1. The normalized spacial score (nSPS) is 41.4. The second kappa shape index (κ2) is 8.36. The average Bonchev–Trinajstić information content (AvgIpc) is 3.07. The van der Waals surface area contributed by atoms with Crippen LogP contribution in [0.25, 0.3) is 0 Å². The zero-order chi connectivity index (χ0) is 19.5. The van der Waals surface area contributed by atoms with Gasteiger partial charge in [-0.2, -0.15) is 0 Å². The van der Waals surface area contributed by atoms with Crippen LogP contribution in [-0.4, -0.2) is 68.2 Å². The Hall–Kier alpha value is -0.980. The molecule has 1 N–H and O–H groups in total. The number of nitrogens with one attached hydrogen (secondary N) is 1. The summed E-state index contributed by atoms with van der Waals surface area (Å²) in [5.41, 5.74) is -0.579. The fraction of sp³-hybridized carbons (Fsp3) is 0.900. The van der Waals surface area contributed by atoms with Crippen molar-refractivity contribution in [3.8, 4) is 0 Å². The number of cyclic esters (lactones) is 1. The van der Waals surface area contributed by atoms with Gasteiger partial charge in [0.1, 0.15) is 18.3 Å². The van der Waals surface area contributed by atoms with Crippen molar-refractivity contribution >= 4 is 11.8 Å². The molecule has 2 saturated heterocycles. The second-order valence-corrected chi connectivity index (χ2v) is 8.83. The highest BCUT2D eigenvalue weighted by Crippen LogP contribution is 2.32. The maximum Gasteiger partial charge on any atom is 0.316 e. The summed E-state index contributed by atoms with van der Waals surface area (Å²) in [6.45, 7) is 10.8. The van der Waals surface area contributed by atoms with E-state index in [1.807, 2.05) is 6.92 Å². The molecule has 26 heavy (non-hydrogen) atoms. The summed E-state index contributed by atoms with van der Waals surface area (Å²) in [5.74, 6) is -1.04. The van der Waals surface area contributed by atoms with E-state index in [2.05, 4.69) is 31.1 Å². The van der Waals surface area contributed by atoms with Gasteiger partial charge < -0.3 is 14.8 Å². The number of ether oxygens (including phenoxy) is 2. The van der Waals surface area contributed by atoms with Crippen molar-refractivity contribution in [3.63, 3.8) is 0 Å². The van der Waals surface area contributed by atoms with Crippen LogP contribution in [-0.2, 0) is 19.1 Å². The molecule has 5 unspecified atom stereocenters. The highest BCUT2D eigenvalue weighted by atomic mass is 16.5. The van der Waals surface area contributed by atoms with Crippen molar-refractivity contribution in [2.75, 3.05) is 40.4 Å². The highest BCUT2D eigenvalue weighted by Gasteiger charge is 2.42. The molecule has 2 aliphatic rings. The number of hydrogen-bond acceptors (Lipinski definition) is 6. The van der Waals surface area contributed by atoms with Crippen LogP contribution in [0.3, 0.4) is 0 Å². The first-order valence-electron chi connectivity index (χ1n) is 9.80. The zero-order valence-corrected chi connectivity index (χ0v) is 17.3. The van der Waals surface area contributed by atoms with Crippen LogP contribution in [0.1, 0.15) is 47.0 Å². The van der Waals surface area contributed by atoms with Crippen LogP contribution in [0.15, 0.2) is 0 Å². The van der Waals surface area contributed by atoms with Gasteiger partial charge in [-0.05, 0) is 52.6 Å². The predicted molar refractivity (Wildman–Crippen MR) is 101 cm³/mol. The first-order valence-corrected chi connectivity index (χ1v) is 9.80. The Morgan fingerprint density at radius 3 is 2.50 bits per heavy atom. The summed E-state index contributed by atoms with van der Waals surface area (Å²) in [5, 5.41) is 3.40. The number of rotatable bonds is 1. The van der Waals surface area contributed by atoms with Crippen molar-refractivity contribution in [2.45, 2.75) is 58.1 Å². The van der Waals surface area contributed by atoms with E-state index in [4.69, 9.17) is 9.47 Å². The van der Waals surface area contributed by atoms with E-state index < -0.39 is 11.9 Å². The van der Waals surface area contributed by atoms with Crippen LogP contribution in [0.5, 0.6) is 0 Å². The third-order valence-corrected chi connectivity index (χ3v) is 6.38. The number of nitrogens with zero attached hydrogens (tertiary/aromatic N) is 1. The van der Waals surface area contributed by atoms with Crippen molar-refractivity contribution in [2.24, 2.45) is 17.8 Å². The summed E-state index contributed by atoms with van der Waals surface area (Å²) in [6, 6.07) is 0. The molecule has 0 aromatic carbocycles. The fourth-order valence-electron chi connectivity index (χ4n) is 4.62. The van der Waals surface area contributed by atoms with Gasteiger partial charge in [-0.1, -0.05) is 13.8 Å². The molecule has 0 amide bonds. The number of carbonyl (C=O) groups excluding carboxylic acids is 2. The minimum absolute atomic E-state index is 0.0582. The Bertz CT molecular complexity index is 518. The van der Waals surface area contributed by atoms with Gasteiger partial charge in [0.25, 0.3) is 0 Å². The van der Waals surface area contributed by atoms with E-state index in [0.29, 0.717) is 18.9 Å². The topological polar surface area (TPSA) is 67.9 Å². The first-order chi connectivity index (χ1) is 12.1. The first kappa shape index (κ1) is 21.3. The van der Waals surface area contributed by atoms with Gasteiger partial charge >= 0.3 is 5.97 Å². The lowest BCUT2D eigenvalue weighted by Crippen LogP contribution is -2.54. The van der Waals surface area contributed by atoms with Crippen LogP contribution in [0, 0.1) is 17.8 Å². The molecule has 0 aromatic heterocycles. The summed E-state index contributed by atoms with van der Waals surface area (Å²) >= 11 is 0. The third kappa shape index (κ3) is 4.65.